The second-order valence-electron chi connectivity index (χ2n) is 7.22. The molecule has 0 saturated carbocycles. The molecule has 158 valence electrons. The number of rotatable bonds is 7. The van der Waals surface area contributed by atoms with E-state index in [1.165, 1.54) is 17.7 Å². The van der Waals surface area contributed by atoms with Crippen LogP contribution in [0.15, 0.2) is 53.6 Å². The maximum atomic E-state index is 12.2. The summed E-state index contributed by atoms with van der Waals surface area (Å²) in [5.74, 6) is -0.203. The molecule has 8 nitrogen and oxygen atoms in total. The molecule has 0 radical (unpaired) electrons. The lowest BCUT2D eigenvalue weighted by Crippen LogP contribution is -2.48. The van der Waals surface area contributed by atoms with E-state index in [0.29, 0.717) is 11.3 Å². The Morgan fingerprint density at radius 3 is 2.47 bits per heavy atom. The van der Waals surface area contributed by atoms with Crippen LogP contribution in [0.5, 0.6) is 0 Å². The van der Waals surface area contributed by atoms with Crippen molar-refractivity contribution in [1.29, 1.82) is 0 Å². The number of carbonyl (C=O) groups excluding carboxylic acids is 1. The first-order valence-corrected chi connectivity index (χ1v) is 10.1. The third-order valence-corrected chi connectivity index (χ3v) is 5.23. The van der Waals surface area contributed by atoms with Gasteiger partial charge < -0.3 is 0 Å². The number of nitrogens with one attached hydrogen (secondary N) is 1. The molecule has 0 aromatic heterocycles. The van der Waals surface area contributed by atoms with E-state index >= 15 is 0 Å². The SMILES string of the molecule is CC(=NNC(=O)CN1CCN(Cc2ccc(Cl)cc2)CC1)c1cccc([N+](=O)[O-])c1. The van der Waals surface area contributed by atoms with Crippen LogP contribution in [0.1, 0.15) is 18.1 Å². The van der Waals surface area contributed by atoms with Crippen LogP contribution in [0.3, 0.4) is 0 Å². The van der Waals surface area contributed by atoms with E-state index in [4.69, 9.17) is 11.6 Å². The molecule has 30 heavy (non-hydrogen) atoms. The smallest absolute Gasteiger partial charge is 0.270 e. The molecule has 3 rings (SSSR count). The molecule has 0 aliphatic carbocycles. The zero-order valence-electron chi connectivity index (χ0n) is 16.8. The van der Waals surface area contributed by atoms with Gasteiger partial charge in [-0.15, -0.1) is 0 Å². The number of benzene rings is 2. The van der Waals surface area contributed by atoms with Crippen molar-refractivity contribution < 1.29 is 9.72 Å². The number of hydrogen-bond donors (Lipinski definition) is 1. The molecule has 1 N–H and O–H groups in total. The average Bonchev–Trinajstić information content (AvgIpc) is 2.75. The molecule has 2 aromatic carbocycles. The van der Waals surface area contributed by atoms with Gasteiger partial charge >= 0.3 is 0 Å². The van der Waals surface area contributed by atoms with Crippen molar-refractivity contribution in [2.75, 3.05) is 32.7 Å². The minimum Gasteiger partial charge on any atom is -0.297 e. The molecule has 9 heteroatoms. The largest absolute Gasteiger partial charge is 0.297 e. The van der Waals surface area contributed by atoms with Gasteiger partial charge in [-0.05, 0) is 24.6 Å². The van der Waals surface area contributed by atoms with Crippen LogP contribution in [-0.4, -0.2) is 59.1 Å². The van der Waals surface area contributed by atoms with Crippen LogP contribution in [-0.2, 0) is 11.3 Å². The van der Waals surface area contributed by atoms with E-state index in [1.54, 1.807) is 19.1 Å². The summed E-state index contributed by atoms with van der Waals surface area (Å²) >= 11 is 5.93. The van der Waals surface area contributed by atoms with Gasteiger partial charge in [-0.1, -0.05) is 35.9 Å². The lowest BCUT2D eigenvalue weighted by molar-refractivity contribution is -0.384. The van der Waals surface area contributed by atoms with E-state index in [9.17, 15) is 14.9 Å². The van der Waals surface area contributed by atoms with Gasteiger partial charge in [0.25, 0.3) is 11.6 Å². The molecule has 0 unspecified atom stereocenters. The Morgan fingerprint density at radius 1 is 1.13 bits per heavy atom. The fourth-order valence-corrected chi connectivity index (χ4v) is 3.37. The van der Waals surface area contributed by atoms with Gasteiger partial charge in [0.15, 0.2) is 0 Å². The Balaban J connectivity index is 1.44. The van der Waals surface area contributed by atoms with E-state index in [2.05, 4.69) is 20.3 Å². The number of nitro benzene ring substituents is 1. The number of amides is 1. The molecule has 0 spiro atoms. The molecule has 1 amide bonds. The molecule has 1 aliphatic heterocycles. The second-order valence-corrected chi connectivity index (χ2v) is 7.65. The molecular weight excluding hydrogens is 406 g/mol. The number of piperazine rings is 1. The third-order valence-electron chi connectivity index (χ3n) is 4.97. The molecule has 0 bridgehead atoms. The number of hydrazone groups is 1. The van der Waals surface area contributed by atoms with Crippen molar-refractivity contribution in [3.05, 3.63) is 74.8 Å². The fourth-order valence-electron chi connectivity index (χ4n) is 3.25. The number of hydrogen-bond acceptors (Lipinski definition) is 6. The summed E-state index contributed by atoms with van der Waals surface area (Å²) in [5, 5.41) is 15.7. The summed E-state index contributed by atoms with van der Waals surface area (Å²) in [6.45, 7) is 6.19. The Bertz CT molecular complexity index is 924. The minimum absolute atomic E-state index is 0.00940. The van der Waals surface area contributed by atoms with Crippen LogP contribution >= 0.6 is 11.6 Å². The Kier molecular flexibility index (Phi) is 7.51. The number of halogens is 1. The van der Waals surface area contributed by atoms with Crippen LogP contribution in [0.4, 0.5) is 5.69 Å². The zero-order valence-corrected chi connectivity index (χ0v) is 17.5. The fraction of sp³-hybridized carbons (Fsp3) is 0.333. The molecular formula is C21H24ClN5O3. The summed E-state index contributed by atoms with van der Waals surface area (Å²) < 4.78 is 0. The minimum atomic E-state index is -0.456. The van der Waals surface area contributed by atoms with Crippen molar-refractivity contribution >= 4 is 28.9 Å². The van der Waals surface area contributed by atoms with E-state index in [0.717, 1.165) is 37.7 Å². The highest BCUT2D eigenvalue weighted by atomic mass is 35.5. The van der Waals surface area contributed by atoms with Gasteiger partial charge in [-0.25, -0.2) is 5.43 Å². The molecule has 0 atom stereocenters. The van der Waals surface area contributed by atoms with E-state index < -0.39 is 4.92 Å². The van der Waals surface area contributed by atoms with Gasteiger partial charge in [0.2, 0.25) is 0 Å². The van der Waals surface area contributed by atoms with Gasteiger partial charge in [-0.2, -0.15) is 5.10 Å². The number of nitro groups is 1. The van der Waals surface area contributed by atoms with Crippen LogP contribution < -0.4 is 5.43 Å². The third kappa shape index (κ3) is 6.35. The highest BCUT2D eigenvalue weighted by Crippen LogP contribution is 2.14. The van der Waals surface area contributed by atoms with E-state index in [-0.39, 0.29) is 18.1 Å². The highest BCUT2D eigenvalue weighted by molar-refractivity contribution is 6.30. The van der Waals surface area contributed by atoms with Gasteiger partial charge in [0.1, 0.15) is 0 Å². The predicted octanol–water partition coefficient (Wildman–Crippen LogP) is 2.91. The summed E-state index contributed by atoms with van der Waals surface area (Å²) in [6.07, 6.45) is 0. The molecule has 1 fully saturated rings. The Hall–Kier alpha value is -2.81. The Morgan fingerprint density at radius 2 is 1.80 bits per heavy atom. The van der Waals surface area contributed by atoms with Crippen LogP contribution in [0.2, 0.25) is 5.02 Å². The number of carbonyl (C=O) groups is 1. The Labute approximate surface area is 180 Å². The van der Waals surface area contributed by atoms with Gasteiger partial charge in [0.05, 0.1) is 17.2 Å². The quantitative estimate of drug-likeness (QED) is 0.415. The first-order valence-electron chi connectivity index (χ1n) is 9.68. The zero-order chi connectivity index (χ0) is 21.5. The number of non-ortho nitro benzene ring substituents is 1. The molecule has 2 aromatic rings. The maximum Gasteiger partial charge on any atom is 0.270 e. The molecule has 1 saturated heterocycles. The monoisotopic (exact) mass is 429 g/mol. The van der Waals surface area contributed by atoms with Crippen molar-refractivity contribution in [3.8, 4) is 0 Å². The lowest BCUT2D eigenvalue weighted by Gasteiger charge is -2.34. The van der Waals surface area contributed by atoms with Crippen molar-refractivity contribution in [1.82, 2.24) is 15.2 Å². The average molecular weight is 430 g/mol. The normalized spacial score (nSPS) is 15.7. The summed E-state index contributed by atoms with van der Waals surface area (Å²) in [4.78, 5) is 27.1. The number of nitrogens with zero attached hydrogens (tertiary/aromatic N) is 4. The first kappa shape index (κ1) is 21.9. The standard InChI is InChI=1S/C21H24ClN5O3/c1-16(18-3-2-4-20(13-18)27(29)30)23-24-21(28)15-26-11-9-25(10-12-26)14-17-5-7-19(22)8-6-17/h2-8,13H,9-12,14-15H2,1H3,(H,24,28). The van der Waals surface area contributed by atoms with Gasteiger partial charge in [0, 0.05) is 55.4 Å². The second kappa shape index (κ2) is 10.3. The maximum absolute atomic E-state index is 12.2. The topological polar surface area (TPSA) is 91.1 Å². The predicted molar refractivity (Wildman–Crippen MR) is 117 cm³/mol. The summed E-state index contributed by atoms with van der Waals surface area (Å²) in [5.41, 5.74) is 4.87. The van der Waals surface area contributed by atoms with Crippen molar-refractivity contribution in [2.45, 2.75) is 13.5 Å². The van der Waals surface area contributed by atoms with E-state index in [1.807, 2.05) is 24.3 Å². The summed E-state index contributed by atoms with van der Waals surface area (Å²) in [7, 11) is 0. The van der Waals surface area contributed by atoms with Crippen LogP contribution in [0, 0.1) is 10.1 Å². The van der Waals surface area contributed by atoms with Gasteiger partial charge in [-0.3, -0.25) is 24.7 Å². The van der Waals surface area contributed by atoms with Crippen LogP contribution in [0.25, 0.3) is 0 Å². The summed E-state index contributed by atoms with van der Waals surface area (Å²) in [6, 6.07) is 14.0. The first-order chi connectivity index (χ1) is 14.4. The molecule has 1 aliphatic rings. The molecule has 1 heterocycles. The van der Waals surface area contributed by atoms with Crippen molar-refractivity contribution in [3.63, 3.8) is 0 Å². The highest BCUT2D eigenvalue weighted by Gasteiger charge is 2.19. The van der Waals surface area contributed by atoms with Crippen molar-refractivity contribution in [2.24, 2.45) is 5.10 Å². The lowest BCUT2D eigenvalue weighted by atomic mass is 10.1.